The highest BCUT2D eigenvalue weighted by atomic mass is 19.4. The molecule has 0 aromatic carbocycles. The molecule has 1 heterocycles. The standard InChI is InChI=1S/C12H18F3N3O2/c1-11(16-2,10(19)20)6-3-4-7-18-8-5-9(17-18)12(13,14)15/h5,8,16H,3-4,6-7H2,1-2H3,(H,19,20). The van der Waals surface area contributed by atoms with Crippen molar-refractivity contribution in [2.45, 2.75) is 44.4 Å². The smallest absolute Gasteiger partial charge is 0.435 e. The molecule has 0 spiro atoms. The predicted molar refractivity (Wildman–Crippen MR) is 66.2 cm³/mol. The zero-order chi connectivity index (χ0) is 15.4. The highest BCUT2D eigenvalue weighted by Gasteiger charge is 2.33. The molecule has 0 bridgehead atoms. The van der Waals surface area contributed by atoms with Gasteiger partial charge < -0.3 is 10.4 Å². The number of alkyl halides is 3. The summed E-state index contributed by atoms with van der Waals surface area (Å²) in [6, 6.07) is 0.926. The van der Waals surface area contributed by atoms with Gasteiger partial charge in [-0.2, -0.15) is 18.3 Å². The number of carbonyl (C=O) groups is 1. The van der Waals surface area contributed by atoms with E-state index in [2.05, 4.69) is 10.4 Å². The lowest BCUT2D eigenvalue weighted by atomic mass is 9.95. The molecule has 1 unspecified atom stereocenters. The Balaban J connectivity index is 2.42. The van der Waals surface area contributed by atoms with E-state index in [4.69, 9.17) is 5.11 Å². The van der Waals surface area contributed by atoms with Crippen LogP contribution in [-0.2, 0) is 17.5 Å². The van der Waals surface area contributed by atoms with Gasteiger partial charge in [0.1, 0.15) is 5.54 Å². The number of nitrogens with one attached hydrogen (secondary N) is 1. The van der Waals surface area contributed by atoms with Crippen LogP contribution >= 0.6 is 0 Å². The zero-order valence-electron chi connectivity index (χ0n) is 11.4. The molecule has 2 N–H and O–H groups in total. The van der Waals surface area contributed by atoms with E-state index in [-0.39, 0.29) is 0 Å². The molecule has 0 aliphatic rings. The molecule has 20 heavy (non-hydrogen) atoms. The summed E-state index contributed by atoms with van der Waals surface area (Å²) in [5, 5.41) is 15.2. The van der Waals surface area contributed by atoms with E-state index in [0.717, 1.165) is 6.07 Å². The first kappa shape index (κ1) is 16.5. The van der Waals surface area contributed by atoms with E-state index in [9.17, 15) is 18.0 Å². The van der Waals surface area contributed by atoms with Crippen LogP contribution < -0.4 is 5.32 Å². The molecular formula is C12H18F3N3O2. The van der Waals surface area contributed by atoms with Crippen LogP contribution in [-0.4, -0.2) is 33.4 Å². The average Bonchev–Trinajstić information content (AvgIpc) is 2.82. The molecule has 0 fully saturated rings. The maximum atomic E-state index is 12.3. The number of nitrogens with zero attached hydrogens (tertiary/aromatic N) is 2. The fourth-order valence-corrected chi connectivity index (χ4v) is 1.73. The summed E-state index contributed by atoms with van der Waals surface area (Å²) in [6.45, 7) is 1.90. The number of carboxylic acid groups (broad SMARTS) is 1. The molecule has 5 nitrogen and oxygen atoms in total. The van der Waals surface area contributed by atoms with Crippen molar-refractivity contribution in [3.8, 4) is 0 Å². The number of rotatable bonds is 7. The van der Waals surface area contributed by atoms with E-state index in [1.54, 1.807) is 14.0 Å². The van der Waals surface area contributed by atoms with Gasteiger partial charge in [0.25, 0.3) is 0 Å². The second-order valence-corrected chi connectivity index (χ2v) is 4.81. The number of hydrogen-bond acceptors (Lipinski definition) is 3. The van der Waals surface area contributed by atoms with Crippen molar-refractivity contribution in [3.63, 3.8) is 0 Å². The van der Waals surface area contributed by atoms with Gasteiger partial charge in [-0.3, -0.25) is 9.48 Å². The summed E-state index contributed by atoms with van der Waals surface area (Å²) in [4.78, 5) is 11.0. The molecule has 1 rings (SSSR count). The van der Waals surface area contributed by atoms with Crippen LogP contribution in [0.5, 0.6) is 0 Å². The Bertz CT molecular complexity index is 459. The predicted octanol–water partition coefficient (Wildman–Crippen LogP) is 2.13. The highest BCUT2D eigenvalue weighted by molar-refractivity contribution is 5.78. The van der Waals surface area contributed by atoms with Crippen LogP contribution in [0.4, 0.5) is 13.2 Å². The first-order valence-electron chi connectivity index (χ1n) is 6.22. The zero-order valence-corrected chi connectivity index (χ0v) is 11.4. The quantitative estimate of drug-likeness (QED) is 0.756. The van der Waals surface area contributed by atoms with Crippen LogP contribution in [0.3, 0.4) is 0 Å². The molecule has 1 aromatic heterocycles. The van der Waals surface area contributed by atoms with Crippen molar-refractivity contribution in [1.29, 1.82) is 0 Å². The fourth-order valence-electron chi connectivity index (χ4n) is 1.73. The number of carboxylic acids is 1. The minimum absolute atomic E-state index is 0.329. The first-order chi connectivity index (χ1) is 9.19. The van der Waals surface area contributed by atoms with Gasteiger partial charge in [-0.1, -0.05) is 0 Å². The Hall–Kier alpha value is -1.57. The fraction of sp³-hybridized carbons (Fsp3) is 0.667. The maximum absolute atomic E-state index is 12.3. The SMILES string of the molecule is CNC(C)(CCCCn1ccc(C(F)(F)F)n1)C(=O)O. The van der Waals surface area contributed by atoms with Crippen molar-refractivity contribution >= 4 is 5.97 Å². The number of hydrogen-bond donors (Lipinski definition) is 2. The van der Waals surface area contributed by atoms with Gasteiger partial charge in [0.2, 0.25) is 0 Å². The molecular weight excluding hydrogens is 275 g/mol. The van der Waals surface area contributed by atoms with Gasteiger partial charge in [-0.25, -0.2) is 0 Å². The largest absolute Gasteiger partial charge is 0.480 e. The Morgan fingerprint density at radius 3 is 2.55 bits per heavy atom. The topological polar surface area (TPSA) is 67.2 Å². The average molecular weight is 293 g/mol. The number of unbranched alkanes of at least 4 members (excludes halogenated alkanes) is 1. The van der Waals surface area contributed by atoms with E-state index in [1.165, 1.54) is 10.9 Å². The number of aromatic nitrogens is 2. The molecule has 8 heteroatoms. The van der Waals surface area contributed by atoms with E-state index < -0.39 is 23.4 Å². The van der Waals surface area contributed by atoms with Crippen LogP contribution in [0.25, 0.3) is 0 Å². The molecule has 0 saturated heterocycles. The third-order valence-electron chi connectivity index (χ3n) is 3.27. The van der Waals surface area contributed by atoms with Gasteiger partial charge in [0, 0.05) is 12.7 Å². The summed E-state index contributed by atoms with van der Waals surface area (Å²) in [6.07, 6.45) is -1.63. The van der Waals surface area contributed by atoms with Crippen molar-refractivity contribution < 1.29 is 23.1 Å². The van der Waals surface area contributed by atoms with Gasteiger partial charge in [0.15, 0.2) is 5.69 Å². The monoisotopic (exact) mass is 293 g/mol. The molecule has 114 valence electrons. The third kappa shape index (κ3) is 4.22. The third-order valence-corrected chi connectivity index (χ3v) is 3.27. The summed E-state index contributed by atoms with van der Waals surface area (Å²) in [5.41, 5.74) is -1.93. The van der Waals surface area contributed by atoms with E-state index >= 15 is 0 Å². The minimum Gasteiger partial charge on any atom is -0.480 e. The molecule has 1 atom stereocenters. The molecule has 0 aliphatic carbocycles. The molecule has 1 aromatic rings. The van der Waals surface area contributed by atoms with Crippen molar-refractivity contribution in [2.75, 3.05) is 7.05 Å². The summed E-state index contributed by atoms with van der Waals surface area (Å²) >= 11 is 0. The van der Waals surface area contributed by atoms with Crippen LogP contribution in [0.1, 0.15) is 31.9 Å². The number of aryl methyl sites for hydroxylation is 1. The second-order valence-electron chi connectivity index (χ2n) is 4.81. The number of likely N-dealkylation sites (N-methyl/N-ethyl adjacent to an activating group) is 1. The van der Waals surface area contributed by atoms with Crippen LogP contribution in [0.2, 0.25) is 0 Å². The minimum atomic E-state index is -4.43. The summed E-state index contributed by atoms with van der Waals surface area (Å²) in [7, 11) is 1.57. The van der Waals surface area contributed by atoms with Crippen LogP contribution in [0.15, 0.2) is 12.3 Å². The summed E-state index contributed by atoms with van der Waals surface area (Å²) in [5.74, 6) is -0.946. The first-order valence-corrected chi connectivity index (χ1v) is 6.22. The van der Waals surface area contributed by atoms with Gasteiger partial charge in [0.05, 0.1) is 0 Å². The molecule has 0 radical (unpaired) electrons. The lowest BCUT2D eigenvalue weighted by molar-refractivity contribution is -0.144. The van der Waals surface area contributed by atoms with E-state index in [1.807, 2.05) is 0 Å². The van der Waals surface area contributed by atoms with Gasteiger partial charge >= 0.3 is 12.1 Å². The Morgan fingerprint density at radius 1 is 1.45 bits per heavy atom. The number of aliphatic carboxylic acids is 1. The van der Waals surface area contributed by atoms with Crippen molar-refractivity contribution in [1.82, 2.24) is 15.1 Å². The normalized spacial score (nSPS) is 15.1. The van der Waals surface area contributed by atoms with E-state index in [0.29, 0.717) is 25.8 Å². The lowest BCUT2D eigenvalue weighted by Gasteiger charge is -2.23. The van der Waals surface area contributed by atoms with Crippen LogP contribution in [0, 0.1) is 0 Å². The molecule has 0 aliphatic heterocycles. The Labute approximate surface area is 114 Å². The van der Waals surface area contributed by atoms with Crippen molar-refractivity contribution in [3.05, 3.63) is 18.0 Å². The lowest BCUT2D eigenvalue weighted by Crippen LogP contribution is -2.47. The Kier molecular flexibility index (Phi) is 5.15. The second kappa shape index (κ2) is 6.25. The van der Waals surface area contributed by atoms with Gasteiger partial charge in [-0.15, -0.1) is 0 Å². The Morgan fingerprint density at radius 2 is 2.10 bits per heavy atom. The number of halogens is 3. The maximum Gasteiger partial charge on any atom is 0.435 e. The molecule has 0 amide bonds. The van der Waals surface area contributed by atoms with Crippen molar-refractivity contribution in [2.24, 2.45) is 0 Å². The van der Waals surface area contributed by atoms with Gasteiger partial charge in [-0.05, 0) is 39.3 Å². The molecule has 0 saturated carbocycles. The summed E-state index contributed by atoms with van der Waals surface area (Å²) < 4.78 is 38.2. The highest BCUT2D eigenvalue weighted by Crippen LogP contribution is 2.27.